The van der Waals surface area contributed by atoms with E-state index in [1.165, 1.54) is 23.9 Å². The van der Waals surface area contributed by atoms with Gasteiger partial charge in [0.2, 0.25) is 11.8 Å². The van der Waals surface area contributed by atoms with Gasteiger partial charge in [-0.3, -0.25) is 19.5 Å². The van der Waals surface area contributed by atoms with Crippen molar-refractivity contribution in [1.29, 1.82) is 0 Å². The molecule has 7 nitrogen and oxygen atoms in total. The summed E-state index contributed by atoms with van der Waals surface area (Å²) in [6, 6.07) is 16.1. The molecular weight excluding hydrogens is 537 g/mol. The molecule has 2 aromatic carbocycles. The molecule has 0 unspecified atom stereocenters. The van der Waals surface area contributed by atoms with Crippen LogP contribution in [0, 0.1) is 19.7 Å². The number of benzene rings is 2. The minimum atomic E-state index is -0.380. The van der Waals surface area contributed by atoms with Gasteiger partial charge in [-0.2, -0.15) is 5.10 Å². The van der Waals surface area contributed by atoms with E-state index in [1.807, 2.05) is 48.9 Å². The zero-order valence-electron chi connectivity index (χ0n) is 23.9. The average Bonchev–Trinajstić information content (AvgIpc) is 3.28. The Morgan fingerprint density at radius 3 is 2.46 bits per heavy atom. The highest BCUT2D eigenvalue weighted by Gasteiger charge is 2.40. The summed E-state index contributed by atoms with van der Waals surface area (Å²) in [5.41, 5.74) is 6.07. The van der Waals surface area contributed by atoms with Gasteiger partial charge in [0, 0.05) is 29.9 Å². The number of hydrogen-bond acceptors (Lipinski definition) is 5. The molecule has 2 aromatic heterocycles. The van der Waals surface area contributed by atoms with Crippen molar-refractivity contribution < 1.29 is 14.0 Å². The lowest BCUT2D eigenvalue weighted by molar-refractivity contribution is -0.123. The van der Waals surface area contributed by atoms with E-state index in [4.69, 9.17) is 5.10 Å². The van der Waals surface area contributed by atoms with Crippen molar-refractivity contribution in [1.82, 2.24) is 20.1 Å². The molecule has 41 heavy (non-hydrogen) atoms. The van der Waals surface area contributed by atoms with E-state index >= 15 is 0 Å². The number of aryl methyl sites for hydroxylation is 1. The molecule has 0 spiro atoms. The van der Waals surface area contributed by atoms with Crippen LogP contribution in [0.15, 0.2) is 67.0 Å². The van der Waals surface area contributed by atoms with Gasteiger partial charge in [0.25, 0.3) is 0 Å². The monoisotopic (exact) mass is 571 g/mol. The number of thioether (sulfide) groups is 1. The SMILES string of the molecule is Cc1cccc(-n2nc(C(C)(C)C)c3c2N(CC(=O)NCc2ccncc2)C(=O)CS[C@@H]3c2ccc(F)cc2)c1C. The van der Waals surface area contributed by atoms with Crippen molar-refractivity contribution in [3.63, 3.8) is 0 Å². The second-order valence-corrected chi connectivity index (χ2v) is 12.4. The minimum Gasteiger partial charge on any atom is -0.350 e. The Morgan fingerprint density at radius 2 is 1.78 bits per heavy atom. The Labute approximate surface area is 244 Å². The summed E-state index contributed by atoms with van der Waals surface area (Å²) < 4.78 is 15.8. The van der Waals surface area contributed by atoms with Gasteiger partial charge >= 0.3 is 0 Å². The third-order valence-electron chi connectivity index (χ3n) is 7.32. The number of aromatic nitrogens is 3. The van der Waals surface area contributed by atoms with Crippen LogP contribution in [0.4, 0.5) is 10.2 Å². The number of carbonyl (C=O) groups is 2. The maximum absolute atomic E-state index is 13.9. The van der Waals surface area contributed by atoms with Crippen molar-refractivity contribution in [2.75, 3.05) is 17.2 Å². The molecule has 4 aromatic rings. The molecule has 0 saturated carbocycles. The number of carbonyl (C=O) groups excluding carboxylic acids is 2. The first-order valence-electron chi connectivity index (χ1n) is 13.6. The molecule has 0 saturated heterocycles. The molecule has 1 N–H and O–H groups in total. The molecule has 3 heterocycles. The lowest BCUT2D eigenvalue weighted by Crippen LogP contribution is -2.42. The predicted octanol–water partition coefficient (Wildman–Crippen LogP) is 5.81. The molecule has 2 amide bonds. The smallest absolute Gasteiger partial charge is 0.240 e. The first kappa shape index (κ1) is 28.5. The number of rotatable bonds is 6. The van der Waals surface area contributed by atoms with E-state index in [9.17, 15) is 14.0 Å². The van der Waals surface area contributed by atoms with Gasteiger partial charge in [-0.15, -0.1) is 11.8 Å². The lowest BCUT2D eigenvalue weighted by Gasteiger charge is -2.25. The Morgan fingerprint density at radius 1 is 1.07 bits per heavy atom. The maximum Gasteiger partial charge on any atom is 0.240 e. The molecule has 0 radical (unpaired) electrons. The van der Waals surface area contributed by atoms with Crippen LogP contribution in [-0.2, 0) is 21.5 Å². The Kier molecular flexibility index (Phi) is 8.00. The normalized spacial score (nSPS) is 15.4. The van der Waals surface area contributed by atoms with Crippen molar-refractivity contribution in [2.45, 2.75) is 51.8 Å². The first-order chi connectivity index (χ1) is 19.5. The molecule has 0 fully saturated rings. The summed E-state index contributed by atoms with van der Waals surface area (Å²) in [7, 11) is 0. The summed E-state index contributed by atoms with van der Waals surface area (Å²) in [5.74, 6) is -0.0559. The van der Waals surface area contributed by atoms with Crippen molar-refractivity contribution in [3.05, 3.63) is 106 Å². The van der Waals surface area contributed by atoms with Crippen molar-refractivity contribution in [2.24, 2.45) is 0 Å². The van der Waals surface area contributed by atoms with E-state index in [0.29, 0.717) is 12.4 Å². The number of amides is 2. The summed E-state index contributed by atoms with van der Waals surface area (Å²) in [4.78, 5) is 32.7. The van der Waals surface area contributed by atoms with Gasteiger partial charge < -0.3 is 5.32 Å². The zero-order chi connectivity index (χ0) is 29.3. The topological polar surface area (TPSA) is 80.1 Å². The van der Waals surface area contributed by atoms with Crippen LogP contribution in [-0.4, -0.2) is 38.9 Å². The molecular formula is C32H34FN5O2S. The van der Waals surface area contributed by atoms with E-state index in [-0.39, 0.29) is 40.6 Å². The van der Waals surface area contributed by atoms with Crippen LogP contribution in [0.1, 0.15) is 59.5 Å². The van der Waals surface area contributed by atoms with Gasteiger partial charge in [0.05, 0.1) is 22.4 Å². The number of nitrogens with one attached hydrogen (secondary N) is 1. The first-order valence-corrected chi connectivity index (χ1v) is 14.6. The Hall–Kier alpha value is -3.98. The van der Waals surface area contributed by atoms with Crippen molar-refractivity contribution in [3.8, 4) is 5.69 Å². The summed E-state index contributed by atoms with van der Waals surface area (Å²) in [6.45, 7) is 10.5. The molecule has 5 rings (SSSR count). The van der Waals surface area contributed by atoms with Crippen LogP contribution in [0.25, 0.3) is 5.69 Å². The summed E-state index contributed by atoms with van der Waals surface area (Å²) in [6.07, 6.45) is 3.35. The fourth-order valence-electron chi connectivity index (χ4n) is 5.01. The molecule has 212 valence electrons. The van der Waals surface area contributed by atoms with Gasteiger partial charge in [0.15, 0.2) is 0 Å². The van der Waals surface area contributed by atoms with E-state index in [1.54, 1.807) is 29.4 Å². The molecule has 0 bridgehead atoms. The van der Waals surface area contributed by atoms with Crippen LogP contribution in [0.5, 0.6) is 0 Å². The highest BCUT2D eigenvalue weighted by molar-refractivity contribution is 8.00. The van der Waals surface area contributed by atoms with Gasteiger partial charge in [-0.1, -0.05) is 45.0 Å². The number of hydrogen-bond donors (Lipinski definition) is 1. The number of pyridine rings is 1. The lowest BCUT2D eigenvalue weighted by atomic mass is 9.87. The van der Waals surface area contributed by atoms with E-state index < -0.39 is 0 Å². The summed E-state index contributed by atoms with van der Waals surface area (Å²) in [5, 5.41) is 7.81. The minimum absolute atomic E-state index is 0.157. The van der Waals surface area contributed by atoms with Gasteiger partial charge in [0.1, 0.15) is 18.2 Å². The second-order valence-electron chi connectivity index (χ2n) is 11.3. The fourth-order valence-corrected chi connectivity index (χ4v) is 6.21. The summed E-state index contributed by atoms with van der Waals surface area (Å²) >= 11 is 1.48. The number of anilines is 1. The third-order valence-corrected chi connectivity index (χ3v) is 8.57. The van der Waals surface area contributed by atoms with Crippen LogP contribution >= 0.6 is 11.8 Å². The molecule has 1 aliphatic heterocycles. The molecule has 0 aliphatic carbocycles. The molecule has 1 aliphatic rings. The molecule has 9 heteroatoms. The van der Waals surface area contributed by atoms with E-state index in [2.05, 4.69) is 31.1 Å². The Balaban J connectivity index is 1.68. The second kappa shape index (κ2) is 11.5. The predicted molar refractivity (Wildman–Crippen MR) is 161 cm³/mol. The standard InChI is InChI=1S/C32H34FN5O2S/c1-20-7-6-8-25(21(20)2)38-31-28(30(36-38)32(3,4)5)29(23-9-11-24(33)12-10-23)41-19-27(40)37(31)18-26(39)35-17-22-13-15-34-16-14-22/h6-16,29H,17-19H2,1-5H3,(H,35,39)/t29-/m1/s1. The zero-order valence-corrected chi connectivity index (χ0v) is 24.8. The van der Waals surface area contributed by atoms with Gasteiger partial charge in [-0.05, 0) is 66.4 Å². The van der Waals surface area contributed by atoms with Crippen LogP contribution in [0.2, 0.25) is 0 Å². The average molecular weight is 572 g/mol. The number of nitrogens with zero attached hydrogens (tertiary/aromatic N) is 4. The van der Waals surface area contributed by atoms with Gasteiger partial charge in [-0.25, -0.2) is 9.07 Å². The van der Waals surface area contributed by atoms with Crippen LogP contribution in [0.3, 0.4) is 0 Å². The highest BCUT2D eigenvalue weighted by atomic mass is 32.2. The molecule has 1 atom stereocenters. The number of fused-ring (bicyclic) bond motifs is 1. The number of halogens is 1. The van der Waals surface area contributed by atoms with Crippen LogP contribution < -0.4 is 10.2 Å². The van der Waals surface area contributed by atoms with E-state index in [0.717, 1.165) is 39.2 Å². The third kappa shape index (κ3) is 5.91. The quantitative estimate of drug-likeness (QED) is 0.316. The Bertz CT molecular complexity index is 1580. The highest BCUT2D eigenvalue weighted by Crippen LogP contribution is 2.48. The van der Waals surface area contributed by atoms with Crippen molar-refractivity contribution >= 4 is 29.4 Å². The maximum atomic E-state index is 13.9. The fraction of sp³-hybridized carbons (Fsp3) is 0.312. The largest absolute Gasteiger partial charge is 0.350 e.